The van der Waals surface area contributed by atoms with E-state index in [-0.39, 0.29) is 17.9 Å². The number of H-pyrrole nitrogens is 1. The fourth-order valence-electron chi connectivity index (χ4n) is 4.76. The fraction of sp³-hybridized carbons (Fsp3) is 0.172. The number of methoxy groups -OCH3 is 2. The van der Waals surface area contributed by atoms with Gasteiger partial charge in [-0.2, -0.15) is 0 Å². The summed E-state index contributed by atoms with van der Waals surface area (Å²) >= 11 is 6.01. The highest BCUT2D eigenvalue weighted by Crippen LogP contribution is 2.40. The van der Waals surface area contributed by atoms with Crippen molar-refractivity contribution in [2.24, 2.45) is 0 Å². The molecule has 0 saturated carbocycles. The van der Waals surface area contributed by atoms with Gasteiger partial charge in [0.1, 0.15) is 17.3 Å². The SMILES string of the molecule is COc1cccc([C@H]2C(=C(O)c3ccc(Cl)cc3)C(=O)C(=O)N2CCc2c[nH]c3ccc(OC)cc23)c1. The van der Waals surface area contributed by atoms with Crippen LogP contribution in [0.4, 0.5) is 0 Å². The summed E-state index contributed by atoms with van der Waals surface area (Å²) in [7, 11) is 3.16. The van der Waals surface area contributed by atoms with Gasteiger partial charge in [0.05, 0.1) is 25.8 Å². The number of fused-ring (bicyclic) bond motifs is 1. The summed E-state index contributed by atoms with van der Waals surface area (Å²) < 4.78 is 10.8. The van der Waals surface area contributed by atoms with Crippen LogP contribution in [0.5, 0.6) is 11.5 Å². The Bertz CT molecular complexity index is 1520. The van der Waals surface area contributed by atoms with E-state index in [0.29, 0.717) is 28.3 Å². The minimum Gasteiger partial charge on any atom is -0.507 e. The Morgan fingerprint density at radius 2 is 1.73 bits per heavy atom. The maximum atomic E-state index is 13.3. The lowest BCUT2D eigenvalue weighted by molar-refractivity contribution is -0.139. The van der Waals surface area contributed by atoms with Gasteiger partial charge in [-0.25, -0.2) is 0 Å². The molecule has 2 heterocycles. The van der Waals surface area contributed by atoms with Gasteiger partial charge in [-0.15, -0.1) is 0 Å². The Balaban J connectivity index is 1.56. The van der Waals surface area contributed by atoms with E-state index in [1.54, 1.807) is 56.7 Å². The van der Waals surface area contributed by atoms with Crippen LogP contribution >= 0.6 is 11.6 Å². The number of halogens is 1. The smallest absolute Gasteiger partial charge is 0.295 e. The third kappa shape index (κ3) is 4.54. The van der Waals surface area contributed by atoms with E-state index in [1.807, 2.05) is 30.5 Å². The number of aliphatic hydroxyl groups is 1. The van der Waals surface area contributed by atoms with Crippen molar-refractivity contribution in [2.45, 2.75) is 12.5 Å². The average Bonchev–Trinajstić information content (AvgIpc) is 3.44. The molecule has 0 unspecified atom stereocenters. The molecule has 0 spiro atoms. The summed E-state index contributed by atoms with van der Waals surface area (Å²) in [6.45, 7) is 0.258. The summed E-state index contributed by atoms with van der Waals surface area (Å²) in [6, 6.07) is 18.6. The van der Waals surface area contributed by atoms with Crippen molar-refractivity contribution in [2.75, 3.05) is 20.8 Å². The molecule has 1 saturated heterocycles. The zero-order chi connectivity index (χ0) is 26.1. The first kappa shape index (κ1) is 24.5. The zero-order valence-electron chi connectivity index (χ0n) is 20.3. The molecular formula is C29H25ClN2O5. The lowest BCUT2D eigenvalue weighted by atomic mass is 9.95. The number of Topliss-reactive ketones (excluding diaryl/α,β-unsaturated/α-hetero) is 1. The molecule has 0 radical (unpaired) electrons. The molecule has 1 amide bonds. The van der Waals surface area contributed by atoms with E-state index >= 15 is 0 Å². The van der Waals surface area contributed by atoms with Crippen molar-refractivity contribution in [3.63, 3.8) is 0 Å². The standard InChI is InChI=1S/C29H25ClN2O5/c1-36-21-5-3-4-18(14-21)26-25(27(33)17-6-8-20(30)9-7-17)28(34)29(35)32(26)13-12-19-16-31-24-11-10-22(37-2)15-23(19)24/h3-11,14-16,26,31,33H,12-13H2,1-2H3/t26-/m0/s1. The van der Waals surface area contributed by atoms with Gasteiger partial charge in [-0.3, -0.25) is 9.59 Å². The molecule has 37 heavy (non-hydrogen) atoms. The molecule has 4 aromatic rings. The zero-order valence-corrected chi connectivity index (χ0v) is 21.1. The van der Waals surface area contributed by atoms with Crippen molar-refractivity contribution in [3.8, 4) is 11.5 Å². The van der Waals surface area contributed by atoms with Crippen LogP contribution in [0.15, 0.2) is 78.5 Å². The van der Waals surface area contributed by atoms with Crippen molar-refractivity contribution >= 4 is 40.0 Å². The van der Waals surface area contributed by atoms with Crippen LogP contribution in [-0.2, 0) is 16.0 Å². The molecule has 8 heteroatoms. The van der Waals surface area contributed by atoms with Crippen LogP contribution in [0.1, 0.15) is 22.7 Å². The topological polar surface area (TPSA) is 91.9 Å². The summed E-state index contributed by atoms with van der Waals surface area (Å²) in [5, 5.41) is 12.7. The summed E-state index contributed by atoms with van der Waals surface area (Å²) in [5.74, 6) is -0.338. The van der Waals surface area contributed by atoms with Crippen molar-refractivity contribution in [3.05, 3.63) is 100 Å². The van der Waals surface area contributed by atoms with Gasteiger partial charge in [0.2, 0.25) is 0 Å². The largest absolute Gasteiger partial charge is 0.507 e. The molecule has 5 rings (SSSR count). The Labute approximate surface area is 218 Å². The first-order valence-electron chi connectivity index (χ1n) is 11.7. The van der Waals surface area contributed by atoms with Crippen LogP contribution in [-0.4, -0.2) is 47.4 Å². The highest BCUT2D eigenvalue weighted by atomic mass is 35.5. The number of hydrogen-bond donors (Lipinski definition) is 2. The molecule has 0 bridgehead atoms. The molecule has 1 aromatic heterocycles. The molecule has 1 fully saturated rings. The number of rotatable bonds is 7. The molecule has 0 aliphatic carbocycles. The molecule has 7 nitrogen and oxygen atoms in total. The second-order valence-electron chi connectivity index (χ2n) is 8.75. The molecular weight excluding hydrogens is 492 g/mol. The minimum absolute atomic E-state index is 0.0289. The number of benzene rings is 3. The molecule has 1 aliphatic rings. The van der Waals surface area contributed by atoms with E-state index in [1.165, 1.54) is 4.90 Å². The molecule has 3 aromatic carbocycles. The average molecular weight is 517 g/mol. The number of carbonyl (C=O) groups excluding carboxylic acids is 2. The van der Waals surface area contributed by atoms with Gasteiger partial charge < -0.3 is 24.5 Å². The summed E-state index contributed by atoms with van der Waals surface area (Å²) in [6.07, 6.45) is 2.39. The van der Waals surface area contributed by atoms with E-state index in [4.69, 9.17) is 21.1 Å². The van der Waals surface area contributed by atoms with Crippen LogP contribution < -0.4 is 9.47 Å². The fourth-order valence-corrected chi connectivity index (χ4v) is 4.89. The monoisotopic (exact) mass is 516 g/mol. The van der Waals surface area contributed by atoms with Gasteiger partial charge in [0.15, 0.2) is 0 Å². The maximum Gasteiger partial charge on any atom is 0.295 e. The lowest BCUT2D eigenvalue weighted by Gasteiger charge is -2.25. The van der Waals surface area contributed by atoms with E-state index in [9.17, 15) is 14.7 Å². The predicted molar refractivity (Wildman–Crippen MR) is 142 cm³/mol. The number of nitrogens with one attached hydrogen (secondary N) is 1. The quantitative estimate of drug-likeness (QED) is 0.192. The second kappa shape index (κ2) is 10.0. The number of hydrogen-bond acceptors (Lipinski definition) is 5. The number of aromatic nitrogens is 1. The number of aliphatic hydroxyl groups excluding tert-OH is 1. The number of carbonyl (C=O) groups is 2. The van der Waals surface area contributed by atoms with Gasteiger partial charge in [-0.05, 0) is 72.1 Å². The highest BCUT2D eigenvalue weighted by molar-refractivity contribution is 6.46. The number of ketones is 1. The Morgan fingerprint density at radius 1 is 1.00 bits per heavy atom. The van der Waals surface area contributed by atoms with Crippen LogP contribution in [0.2, 0.25) is 5.02 Å². The number of amides is 1. The van der Waals surface area contributed by atoms with Gasteiger partial charge in [0, 0.05) is 34.2 Å². The highest BCUT2D eigenvalue weighted by Gasteiger charge is 2.46. The van der Waals surface area contributed by atoms with Gasteiger partial charge in [-0.1, -0.05) is 23.7 Å². The second-order valence-corrected chi connectivity index (χ2v) is 9.19. The molecule has 1 aliphatic heterocycles. The number of nitrogens with zero attached hydrogens (tertiary/aromatic N) is 1. The molecule has 1 atom stereocenters. The Morgan fingerprint density at radius 3 is 2.46 bits per heavy atom. The molecule has 188 valence electrons. The normalized spacial score (nSPS) is 16.9. The van der Waals surface area contributed by atoms with Gasteiger partial charge >= 0.3 is 0 Å². The van der Waals surface area contributed by atoms with Crippen LogP contribution in [0.25, 0.3) is 16.7 Å². The summed E-state index contributed by atoms with van der Waals surface area (Å²) in [5.41, 5.74) is 3.03. The van der Waals surface area contributed by atoms with Crippen LogP contribution in [0.3, 0.4) is 0 Å². The number of aromatic amines is 1. The Kier molecular flexibility index (Phi) is 6.63. The van der Waals surface area contributed by atoms with E-state index < -0.39 is 17.7 Å². The third-order valence-electron chi connectivity index (χ3n) is 6.66. The predicted octanol–water partition coefficient (Wildman–Crippen LogP) is 5.50. The Hall–Kier alpha value is -4.23. The maximum absolute atomic E-state index is 13.3. The van der Waals surface area contributed by atoms with Crippen molar-refractivity contribution in [1.29, 1.82) is 0 Å². The lowest BCUT2D eigenvalue weighted by Crippen LogP contribution is -2.31. The number of ether oxygens (including phenoxy) is 2. The van der Waals surface area contributed by atoms with Crippen molar-refractivity contribution in [1.82, 2.24) is 9.88 Å². The first-order chi connectivity index (χ1) is 17.9. The summed E-state index contributed by atoms with van der Waals surface area (Å²) in [4.78, 5) is 31.4. The van der Waals surface area contributed by atoms with E-state index in [0.717, 1.165) is 22.2 Å². The first-order valence-corrected chi connectivity index (χ1v) is 12.1. The van der Waals surface area contributed by atoms with Crippen molar-refractivity contribution < 1.29 is 24.2 Å². The third-order valence-corrected chi connectivity index (χ3v) is 6.92. The van der Waals surface area contributed by atoms with Gasteiger partial charge in [0.25, 0.3) is 11.7 Å². The molecule has 2 N–H and O–H groups in total. The van der Waals surface area contributed by atoms with Crippen LogP contribution in [0, 0.1) is 0 Å². The number of likely N-dealkylation sites (tertiary alicyclic amines) is 1. The minimum atomic E-state index is -0.787. The van der Waals surface area contributed by atoms with E-state index in [2.05, 4.69) is 4.98 Å².